The van der Waals surface area contributed by atoms with Gasteiger partial charge in [0.15, 0.2) is 5.82 Å². The minimum Gasteiger partial charge on any atom is -0.395 e. The molecule has 8 heteroatoms. The van der Waals surface area contributed by atoms with E-state index in [2.05, 4.69) is 22.5 Å². The van der Waals surface area contributed by atoms with Crippen LogP contribution in [0.1, 0.15) is 13.8 Å². The summed E-state index contributed by atoms with van der Waals surface area (Å²) >= 11 is 8.86. The van der Waals surface area contributed by atoms with Crippen LogP contribution in [-0.2, 0) is 10.0 Å². The first-order chi connectivity index (χ1) is 9.12. The molecule has 112 valence electrons. The van der Waals surface area contributed by atoms with E-state index in [9.17, 15) is 12.8 Å². The maximum atomic E-state index is 14.1. The molecule has 0 aliphatic heterocycles. The predicted octanol–water partition coefficient (Wildman–Crippen LogP) is 3.41. The van der Waals surface area contributed by atoms with Crippen molar-refractivity contribution in [1.29, 1.82) is 0 Å². The minimum absolute atomic E-state index is 0.0360. The lowest BCUT2D eigenvalue weighted by atomic mass is 10.3. The predicted molar refractivity (Wildman–Crippen MR) is 82.8 cm³/mol. The zero-order valence-corrected chi connectivity index (χ0v) is 14.2. The van der Waals surface area contributed by atoms with Crippen LogP contribution in [0.4, 0.5) is 10.1 Å². The molecule has 0 bridgehead atoms. The number of nitrogens with zero attached hydrogens (tertiary/aromatic N) is 1. The van der Waals surface area contributed by atoms with Crippen LogP contribution in [0.5, 0.6) is 0 Å². The van der Waals surface area contributed by atoms with Gasteiger partial charge in [0.2, 0.25) is 10.0 Å². The standard InChI is InChI=1S/C12H15BrClFN2O2S/c1-4-17(6-7(2)3)20(18,19)9-5-8(14)10(13)12(16)11(9)15/h5H,2,4,6,16H2,1,3H3. The lowest BCUT2D eigenvalue weighted by Gasteiger charge is -2.21. The molecule has 0 unspecified atom stereocenters. The van der Waals surface area contributed by atoms with Gasteiger partial charge in [-0.25, -0.2) is 12.8 Å². The molecule has 0 fully saturated rings. The van der Waals surface area contributed by atoms with E-state index < -0.39 is 20.7 Å². The maximum Gasteiger partial charge on any atom is 0.246 e. The quantitative estimate of drug-likeness (QED) is 0.480. The van der Waals surface area contributed by atoms with E-state index in [0.717, 1.165) is 10.4 Å². The molecule has 1 aromatic carbocycles. The second-order valence-electron chi connectivity index (χ2n) is 4.29. The van der Waals surface area contributed by atoms with Crippen molar-refractivity contribution in [2.24, 2.45) is 0 Å². The Kier molecular flexibility index (Phi) is 5.60. The molecular formula is C12H15BrClFN2O2S. The Balaban J connectivity index is 3.46. The minimum atomic E-state index is -4.03. The van der Waals surface area contributed by atoms with E-state index >= 15 is 0 Å². The van der Waals surface area contributed by atoms with Crippen LogP contribution in [0, 0.1) is 5.82 Å². The first kappa shape index (κ1) is 17.4. The first-order valence-corrected chi connectivity index (χ1v) is 8.31. The van der Waals surface area contributed by atoms with Crippen LogP contribution in [-0.4, -0.2) is 25.8 Å². The molecule has 4 nitrogen and oxygen atoms in total. The molecule has 0 atom stereocenters. The van der Waals surface area contributed by atoms with Crippen molar-refractivity contribution in [1.82, 2.24) is 4.31 Å². The zero-order chi connectivity index (χ0) is 15.7. The Morgan fingerprint density at radius 1 is 1.60 bits per heavy atom. The summed E-state index contributed by atoms with van der Waals surface area (Å²) in [5.74, 6) is -1.01. The van der Waals surface area contributed by atoms with Gasteiger partial charge < -0.3 is 5.73 Å². The number of rotatable bonds is 5. The number of nitrogens with two attached hydrogens (primary N) is 1. The third kappa shape index (κ3) is 3.33. The van der Waals surface area contributed by atoms with Crippen molar-refractivity contribution in [2.45, 2.75) is 18.7 Å². The van der Waals surface area contributed by atoms with Crippen molar-refractivity contribution in [3.63, 3.8) is 0 Å². The molecule has 0 amide bonds. The van der Waals surface area contributed by atoms with Crippen LogP contribution in [0.2, 0.25) is 5.02 Å². The number of anilines is 1. The molecular weight excluding hydrogens is 371 g/mol. The summed E-state index contributed by atoms with van der Waals surface area (Å²) in [4.78, 5) is -0.536. The summed E-state index contributed by atoms with van der Waals surface area (Å²) in [6.07, 6.45) is 0. The fourth-order valence-electron chi connectivity index (χ4n) is 1.59. The largest absolute Gasteiger partial charge is 0.395 e. The number of benzene rings is 1. The van der Waals surface area contributed by atoms with Crippen molar-refractivity contribution in [2.75, 3.05) is 18.8 Å². The van der Waals surface area contributed by atoms with Gasteiger partial charge in [-0.05, 0) is 28.9 Å². The summed E-state index contributed by atoms with van der Waals surface area (Å²) in [7, 11) is -4.03. The Labute approximate surface area is 131 Å². The molecule has 20 heavy (non-hydrogen) atoms. The molecule has 1 rings (SSSR count). The van der Waals surface area contributed by atoms with Gasteiger partial charge in [0.05, 0.1) is 15.2 Å². The summed E-state index contributed by atoms with van der Waals surface area (Å²) in [6, 6.07) is 1.05. The van der Waals surface area contributed by atoms with Crippen LogP contribution in [0.3, 0.4) is 0 Å². The van der Waals surface area contributed by atoms with Gasteiger partial charge in [-0.15, -0.1) is 0 Å². The number of hydrogen-bond donors (Lipinski definition) is 1. The van der Waals surface area contributed by atoms with E-state index in [-0.39, 0.29) is 28.3 Å². The molecule has 0 aromatic heterocycles. The van der Waals surface area contributed by atoms with E-state index in [1.54, 1.807) is 13.8 Å². The first-order valence-electron chi connectivity index (χ1n) is 5.70. The SMILES string of the molecule is C=C(C)CN(CC)S(=O)(=O)c1cc(Cl)c(Br)c(N)c1F. The molecule has 0 heterocycles. The fraction of sp³-hybridized carbons (Fsp3) is 0.333. The molecule has 1 aromatic rings. The molecule has 0 aliphatic carbocycles. The van der Waals surface area contributed by atoms with Gasteiger partial charge in [0, 0.05) is 13.1 Å². The molecule has 0 saturated carbocycles. The van der Waals surface area contributed by atoms with Crippen LogP contribution in [0.25, 0.3) is 0 Å². The normalized spacial score (nSPS) is 11.9. The average molecular weight is 386 g/mol. The van der Waals surface area contributed by atoms with E-state index in [4.69, 9.17) is 17.3 Å². The molecule has 0 saturated heterocycles. The number of halogens is 3. The highest BCUT2D eigenvalue weighted by atomic mass is 79.9. The average Bonchev–Trinajstić information content (AvgIpc) is 2.37. The summed E-state index contributed by atoms with van der Waals surface area (Å²) in [5.41, 5.74) is 5.83. The number of sulfonamides is 1. The van der Waals surface area contributed by atoms with Gasteiger partial charge in [-0.3, -0.25) is 0 Å². The molecule has 0 spiro atoms. The third-order valence-electron chi connectivity index (χ3n) is 2.57. The Bertz CT molecular complexity index is 649. The van der Waals surface area contributed by atoms with Crippen molar-refractivity contribution < 1.29 is 12.8 Å². The molecule has 2 N–H and O–H groups in total. The zero-order valence-electron chi connectivity index (χ0n) is 11.1. The van der Waals surface area contributed by atoms with Crippen molar-refractivity contribution in [3.05, 3.63) is 33.5 Å². The van der Waals surface area contributed by atoms with Gasteiger partial charge in [-0.1, -0.05) is 30.7 Å². The van der Waals surface area contributed by atoms with Crippen molar-refractivity contribution >= 4 is 43.2 Å². The fourth-order valence-corrected chi connectivity index (χ4v) is 3.77. The highest BCUT2D eigenvalue weighted by Crippen LogP contribution is 2.35. The van der Waals surface area contributed by atoms with Gasteiger partial charge >= 0.3 is 0 Å². The van der Waals surface area contributed by atoms with Crippen LogP contribution >= 0.6 is 27.5 Å². The highest BCUT2D eigenvalue weighted by Gasteiger charge is 2.29. The van der Waals surface area contributed by atoms with E-state index in [1.807, 2.05) is 0 Å². The van der Waals surface area contributed by atoms with Gasteiger partial charge in [0.25, 0.3) is 0 Å². The maximum absolute atomic E-state index is 14.1. The topological polar surface area (TPSA) is 63.4 Å². The van der Waals surface area contributed by atoms with Crippen LogP contribution in [0.15, 0.2) is 27.6 Å². The van der Waals surface area contributed by atoms with Gasteiger partial charge in [0.1, 0.15) is 4.90 Å². The monoisotopic (exact) mass is 384 g/mol. The Hall–Kier alpha value is -0.630. The number of hydrogen-bond acceptors (Lipinski definition) is 3. The van der Waals surface area contributed by atoms with Crippen LogP contribution < -0.4 is 5.73 Å². The summed E-state index contributed by atoms with van der Waals surface area (Å²) < 4.78 is 40.3. The highest BCUT2D eigenvalue weighted by molar-refractivity contribution is 9.10. The molecule has 0 radical (unpaired) electrons. The third-order valence-corrected chi connectivity index (χ3v) is 5.87. The second-order valence-corrected chi connectivity index (χ2v) is 7.39. The smallest absolute Gasteiger partial charge is 0.246 e. The van der Waals surface area contributed by atoms with Crippen molar-refractivity contribution in [3.8, 4) is 0 Å². The van der Waals surface area contributed by atoms with Gasteiger partial charge in [-0.2, -0.15) is 4.31 Å². The lowest BCUT2D eigenvalue weighted by molar-refractivity contribution is 0.447. The second kappa shape index (κ2) is 6.43. The van der Waals surface area contributed by atoms with E-state index in [0.29, 0.717) is 5.57 Å². The number of nitrogen functional groups attached to an aromatic ring is 1. The van der Waals surface area contributed by atoms with E-state index in [1.165, 1.54) is 0 Å². The summed E-state index contributed by atoms with van der Waals surface area (Å²) in [6.45, 7) is 7.30. The Morgan fingerprint density at radius 3 is 2.60 bits per heavy atom. The molecule has 0 aliphatic rings. The summed E-state index contributed by atoms with van der Waals surface area (Å²) in [5, 5.41) is 0.0360. The lowest BCUT2D eigenvalue weighted by Crippen LogP contribution is -2.33. The Morgan fingerprint density at radius 2 is 2.15 bits per heavy atom. The number of likely N-dealkylation sites (N-methyl/N-ethyl adjacent to an activating group) is 1.